The van der Waals surface area contributed by atoms with E-state index < -0.39 is 154 Å². The van der Waals surface area contributed by atoms with E-state index >= 15 is 0 Å². The van der Waals surface area contributed by atoms with Crippen LogP contribution in [0.3, 0.4) is 0 Å². The van der Waals surface area contributed by atoms with E-state index in [0.29, 0.717) is 37.0 Å². The fourth-order valence-corrected chi connectivity index (χ4v) is 15.6. The molecule has 1 spiro atoms. The lowest BCUT2D eigenvalue weighted by molar-refractivity contribution is -0.388. The monoisotopic (exact) mass is 1060 g/mol. The Morgan fingerprint density at radius 3 is 1.80 bits per heavy atom. The predicted molar refractivity (Wildman–Crippen MR) is 248 cm³/mol. The van der Waals surface area contributed by atoms with Crippen LogP contribution in [0.5, 0.6) is 0 Å². The van der Waals surface area contributed by atoms with Crippen LogP contribution in [0.15, 0.2) is 11.6 Å². The number of hydrogen-bond acceptors (Lipinski definition) is 23. The number of hydrogen-bond donors (Lipinski definition) is 13. The molecule has 0 aromatic heterocycles. The van der Waals surface area contributed by atoms with Gasteiger partial charge in [0.15, 0.2) is 30.9 Å². The summed E-state index contributed by atoms with van der Waals surface area (Å²) in [5, 5.41) is 139. The average Bonchev–Trinajstić information content (AvgIpc) is 3.88. The molecule has 9 fully saturated rings. The number of aliphatic hydroxyl groups excluding tert-OH is 13. The largest absolute Gasteiger partial charge is 0.396 e. The molecule has 0 amide bonds. The molecule has 10 rings (SSSR count). The molecule has 23 heteroatoms. The van der Waals surface area contributed by atoms with Gasteiger partial charge >= 0.3 is 0 Å². The van der Waals surface area contributed by atoms with E-state index in [4.69, 9.17) is 47.4 Å². The summed E-state index contributed by atoms with van der Waals surface area (Å²) < 4.78 is 62.7. The van der Waals surface area contributed by atoms with Crippen molar-refractivity contribution in [3.63, 3.8) is 0 Å². The summed E-state index contributed by atoms with van der Waals surface area (Å²) in [4.78, 5) is 0. The van der Waals surface area contributed by atoms with Crippen LogP contribution in [-0.2, 0) is 47.4 Å². The van der Waals surface area contributed by atoms with Crippen molar-refractivity contribution in [1.29, 1.82) is 0 Å². The van der Waals surface area contributed by atoms with E-state index in [-0.39, 0.29) is 47.9 Å². The van der Waals surface area contributed by atoms with Crippen molar-refractivity contribution in [2.75, 3.05) is 26.4 Å². The van der Waals surface area contributed by atoms with Gasteiger partial charge in [-0.1, -0.05) is 32.4 Å². The minimum Gasteiger partial charge on any atom is -0.396 e. The Morgan fingerprint density at radius 1 is 0.581 bits per heavy atom. The van der Waals surface area contributed by atoms with Gasteiger partial charge in [0.1, 0.15) is 91.6 Å². The zero-order valence-corrected chi connectivity index (χ0v) is 42.7. The highest BCUT2D eigenvalue weighted by Gasteiger charge is 2.71. The molecule has 13 N–H and O–H groups in total. The van der Waals surface area contributed by atoms with E-state index in [1.165, 1.54) is 19.4 Å². The SMILES string of the molecule is CC1OC(OC2C(CO)OC(OC3CCC4(C)C(=CCC5C4CCC4(C)C5CC5OC6(OCC(CO)CC6OC6OC(CO)C(O)C(O)C6O)C(C)C54)C3)C(OC3OC(C)C(O)C(O)C3O)C2O)C(O)C(O)C1O. The van der Waals surface area contributed by atoms with Gasteiger partial charge in [-0.3, -0.25) is 0 Å². The first-order chi connectivity index (χ1) is 35.1. The van der Waals surface area contributed by atoms with Gasteiger partial charge in [-0.25, -0.2) is 0 Å². The van der Waals surface area contributed by atoms with Crippen molar-refractivity contribution in [3.8, 4) is 0 Å². The van der Waals surface area contributed by atoms with E-state index in [0.717, 1.165) is 32.1 Å². The third kappa shape index (κ3) is 9.29. The first-order valence-electron chi connectivity index (χ1n) is 27.0. The summed E-state index contributed by atoms with van der Waals surface area (Å²) in [7, 11) is 0. The number of aliphatic hydroxyl groups is 13. The molecule has 0 bridgehead atoms. The van der Waals surface area contributed by atoms with Crippen LogP contribution < -0.4 is 0 Å². The predicted octanol–water partition coefficient (Wildman–Crippen LogP) is -2.99. The maximum Gasteiger partial charge on any atom is 0.198 e. The van der Waals surface area contributed by atoms with E-state index in [1.807, 2.05) is 0 Å². The van der Waals surface area contributed by atoms with Crippen LogP contribution in [0.4, 0.5) is 0 Å². The maximum absolute atomic E-state index is 12.1. The third-order valence-electron chi connectivity index (χ3n) is 19.9. The van der Waals surface area contributed by atoms with Gasteiger partial charge in [-0.2, -0.15) is 0 Å². The summed E-state index contributed by atoms with van der Waals surface area (Å²) in [6, 6.07) is 0. The number of rotatable bonds is 11. The molecular weight excluding hydrogens is 981 g/mol. The van der Waals surface area contributed by atoms with Crippen LogP contribution in [0.2, 0.25) is 0 Å². The van der Waals surface area contributed by atoms with Crippen molar-refractivity contribution in [3.05, 3.63) is 11.6 Å². The highest BCUT2D eigenvalue weighted by molar-refractivity contribution is 5.27. The second-order valence-electron chi connectivity index (χ2n) is 23.9. The molecule has 23 nitrogen and oxygen atoms in total. The normalized spacial score (nSPS) is 57.5. The Morgan fingerprint density at radius 2 is 1.18 bits per heavy atom. The van der Waals surface area contributed by atoms with Crippen LogP contribution in [0.25, 0.3) is 0 Å². The second-order valence-corrected chi connectivity index (χ2v) is 23.9. The van der Waals surface area contributed by atoms with Crippen molar-refractivity contribution in [1.82, 2.24) is 0 Å². The Labute approximate surface area is 430 Å². The van der Waals surface area contributed by atoms with Gasteiger partial charge in [-0.05, 0) is 99.7 Å². The van der Waals surface area contributed by atoms with Gasteiger partial charge < -0.3 is 114 Å². The Bertz CT molecular complexity index is 1970. The van der Waals surface area contributed by atoms with Gasteiger partial charge in [0.25, 0.3) is 0 Å². The summed E-state index contributed by atoms with van der Waals surface area (Å²) in [6.45, 7) is 8.56. The maximum atomic E-state index is 12.1. The molecule has 32 atom stereocenters. The Balaban J connectivity index is 0.844. The zero-order chi connectivity index (χ0) is 53.1. The molecule has 3 saturated carbocycles. The molecule has 424 valence electrons. The standard InChI is InChI=1S/C51H82O23/c1-19-32-28(74-51(19)31(12-22(15-52)18-65-51)71-47-41(63)38(60)35(57)29(16-53)69-47)14-27-25-7-6-23-13-24(8-10-49(23,4)26(25)9-11-50(27,32)5)68-48-44(73-46-40(62)37(59)34(56)21(3)67-46)42(64)43(30(17-54)70-48)72-45-39(61)36(58)33(55)20(2)66-45/h6,19-22,24-48,52-64H,7-18H2,1-5H3. The first kappa shape index (κ1) is 56.1. The molecule has 0 aromatic carbocycles. The van der Waals surface area contributed by atoms with E-state index in [1.54, 1.807) is 0 Å². The Hall–Kier alpha value is -1.18. The van der Waals surface area contributed by atoms with Gasteiger partial charge in [0, 0.05) is 18.4 Å². The van der Waals surface area contributed by atoms with Crippen molar-refractivity contribution in [2.24, 2.45) is 46.3 Å². The fraction of sp³-hybridized carbons (Fsp3) is 0.961. The fourth-order valence-electron chi connectivity index (χ4n) is 15.6. The quantitative estimate of drug-likeness (QED) is 0.0918. The highest BCUT2D eigenvalue weighted by atomic mass is 16.8. The van der Waals surface area contributed by atoms with Crippen LogP contribution in [-0.4, -0.2) is 240 Å². The lowest BCUT2D eigenvalue weighted by Gasteiger charge is -2.59. The summed E-state index contributed by atoms with van der Waals surface area (Å²) in [5.41, 5.74) is 0.930. The molecule has 4 aliphatic carbocycles. The van der Waals surface area contributed by atoms with Crippen molar-refractivity contribution < 1.29 is 114 Å². The van der Waals surface area contributed by atoms with Crippen LogP contribution >= 0.6 is 0 Å². The molecule has 0 aromatic rings. The van der Waals surface area contributed by atoms with Crippen LogP contribution in [0.1, 0.15) is 86.0 Å². The zero-order valence-electron chi connectivity index (χ0n) is 42.7. The molecule has 6 saturated heterocycles. The third-order valence-corrected chi connectivity index (χ3v) is 19.9. The molecule has 6 heterocycles. The van der Waals surface area contributed by atoms with Gasteiger partial charge in [0.2, 0.25) is 0 Å². The molecule has 74 heavy (non-hydrogen) atoms. The van der Waals surface area contributed by atoms with Gasteiger partial charge in [0.05, 0.1) is 44.2 Å². The lowest BCUT2D eigenvalue weighted by atomic mass is 9.47. The number of ether oxygens (including phenoxy) is 10. The second kappa shape index (κ2) is 21.4. The molecular formula is C51H82O23. The minimum absolute atomic E-state index is 0.0797. The van der Waals surface area contributed by atoms with E-state index in [2.05, 4.69) is 26.8 Å². The minimum atomic E-state index is -1.76. The first-order valence-corrected chi connectivity index (χ1v) is 27.0. The smallest absolute Gasteiger partial charge is 0.198 e. The highest BCUT2D eigenvalue weighted by Crippen LogP contribution is 2.71. The average molecular weight is 1060 g/mol. The van der Waals surface area contributed by atoms with Crippen molar-refractivity contribution in [2.45, 2.75) is 233 Å². The van der Waals surface area contributed by atoms with E-state index in [9.17, 15) is 66.4 Å². The summed E-state index contributed by atoms with van der Waals surface area (Å²) >= 11 is 0. The molecule has 10 aliphatic rings. The van der Waals surface area contributed by atoms with Crippen molar-refractivity contribution >= 4 is 0 Å². The lowest BCUT2D eigenvalue weighted by Crippen LogP contribution is -2.66. The summed E-state index contributed by atoms with van der Waals surface area (Å²) in [5.74, 6) is -0.627. The van der Waals surface area contributed by atoms with Gasteiger partial charge in [-0.15, -0.1) is 0 Å². The number of fused-ring (bicyclic) bond motifs is 7. The summed E-state index contributed by atoms with van der Waals surface area (Å²) in [6.07, 6.45) is -22.9. The number of allylic oxidation sites excluding steroid dienone is 1. The Kier molecular flexibility index (Phi) is 16.2. The molecule has 6 aliphatic heterocycles. The molecule has 0 radical (unpaired) electrons. The van der Waals surface area contributed by atoms with Crippen LogP contribution in [0, 0.1) is 46.3 Å². The topological polar surface area (TPSA) is 355 Å². The molecule has 32 unspecified atom stereocenters.